The van der Waals surface area contributed by atoms with Crippen molar-refractivity contribution in [2.24, 2.45) is 11.8 Å². The van der Waals surface area contributed by atoms with Crippen molar-refractivity contribution < 1.29 is 19.2 Å². The molecule has 9 nitrogen and oxygen atoms in total. The van der Waals surface area contributed by atoms with E-state index in [0.29, 0.717) is 41.2 Å². The number of piperidine rings is 1. The number of nitriles is 1. The molecule has 1 aromatic heterocycles. The average Bonchev–Trinajstić information content (AvgIpc) is 3.17. The van der Waals surface area contributed by atoms with Gasteiger partial charge in [-0.1, -0.05) is 13.8 Å². The van der Waals surface area contributed by atoms with Gasteiger partial charge in [-0.25, -0.2) is 4.79 Å². The van der Waals surface area contributed by atoms with Crippen molar-refractivity contribution in [1.82, 2.24) is 0 Å². The van der Waals surface area contributed by atoms with E-state index in [2.05, 4.69) is 19.2 Å². The first-order valence-electron chi connectivity index (χ1n) is 9.76. The van der Waals surface area contributed by atoms with Crippen LogP contribution in [0.25, 0.3) is 0 Å². The number of carbonyl (C=O) groups excluding carboxylic acids is 2. The molecule has 1 N–H and O–H groups in total. The van der Waals surface area contributed by atoms with Crippen LogP contribution in [-0.2, 0) is 9.53 Å². The Morgan fingerprint density at radius 3 is 2.68 bits per heavy atom. The summed E-state index contributed by atoms with van der Waals surface area (Å²) in [6, 6.07) is 7.73. The van der Waals surface area contributed by atoms with Crippen molar-refractivity contribution in [3.8, 4) is 6.07 Å². The summed E-state index contributed by atoms with van der Waals surface area (Å²) in [5.41, 5.74) is 0.615. The summed E-state index contributed by atoms with van der Waals surface area (Å²) in [7, 11) is 0. The summed E-state index contributed by atoms with van der Waals surface area (Å²) in [5, 5.41) is 25.1. The van der Waals surface area contributed by atoms with Crippen LogP contribution >= 0.6 is 11.3 Å². The molecule has 0 bridgehead atoms. The maximum Gasteiger partial charge on any atom is 0.338 e. The maximum absolute atomic E-state index is 12.4. The van der Waals surface area contributed by atoms with Crippen LogP contribution in [0.3, 0.4) is 0 Å². The lowest BCUT2D eigenvalue weighted by molar-refractivity contribution is -0.384. The molecule has 1 amide bonds. The molecule has 0 spiro atoms. The third kappa shape index (κ3) is 5.38. The van der Waals surface area contributed by atoms with Crippen LogP contribution in [0.4, 0.5) is 16.4 Å². The highest BCUT2D eigenvalue weighted by Crippen LogP contribution is 2.34. The lowest BCUT2D eigenvalue weighted by Crippen LogP contribution is -2.39. The zero-order valence-electron chi connectivity index (χ0n) is 17.2. The van der Waals surface area contributed by atoms with Crippen molar-refractivity contribution in [3.05, 3.63) is 50.9 Å². The number of carbonyl (C=O) groups is 2. The van der Waals surface area contributed by atoms with Crippen LogP contribution in [0.15, 0.2) is 29.6 Å². The summed E-state index contributed by atoms with van der Waals surface area (Å²) in [4.78, 5) is 37.5. The number of nitro benzene ring substituents is 1. The Morgan fingerprint density at radius 2 is 2.03 bits per heavy atom. The molecule has 1 aliphatic heterocycles. The third-order valence-corrected chi connectivity index (χ3v) is 5.82. The fourth-order valence-electron chi connectivity index (χ4n) is 3.79. The minimum absolute atomic E-state index is 0.00445. The molecule has 0 saturated carbocycles. The topological polar surface area (TPSA) is 126 Å². The number of rotatable bonds is 6. The summed E-state index contributed by atoms with van der Waals surface area (Å²) in [6.07, 6.45) is 1.07. The predicted octanol–water partition coefficient (Wildman–Crippen LogP) is 3.81. The summed E-state index contributed by atoms with van der Waals surface area (Å²) in [5.74, 6) is -0.612. The van der Waals surface area contributed by atoms with Crippen molar-refractivity contribution >= 4 is 39.6 Å². The van der Waals surface area contributed by atoms with E-state index < -0.39 is 23.4 Å². The average molecular weight is 442 g/mol. The summed E-state index contributed by atoms with van der Waals surface area (Å²) in [6.45, 7) is 5.07. The number of esters is 1. The fourth-order valence-corrected chi connectivity index (χ4v) is 4.55. The van der Waals surface area contributed by atoms with E-state index >= 15 is 0 Å². The normalized spacial score (nSPS) is 18.2. The quantitative estimate of drug-likeness (QED) is 0.409. The number of thiophene rings is 1. The second kappa shape index (κ2) is 9.57. The molecule has 1 fully saturated rings. The minimum Gasteiger partial charge on any atom is -0.452 e. The predicted molar refractivity (Wildman–Crippen MR) is 116 cm³/mol. The lowest BCUT2D eigenvalue weighted by Gasteiger charge is -2.36. The number of ether oxygens (including phenoxy) is 1. The standard InChI is InChI=1S/C21H22N4O5S/c1-13-7-14(2)11-24(10-13)17-4-3-15(8-18(17)25(28)29)21(27)30-12-19(26)23-20-16(9-22)5-6-31-20/h3-6,8,13-14H,7,10-12H2,1-2H3,(H,23,26)/t13-,14-/m1/s1. The molecule has 1 saturated heterocycles. The van der Waals surface area contributed by atoms with E-state index in [-0.39, 0.29) is 11.3 Å². The number of hydrogen-bond acceptors (Lipinski definition) is 8. The largest absolute Gasteiger partial charge is 0.452 e. The van der Waals surface area contributed by atoms with E-state index in [9.17, 15) is 19.7 Å². The van der Waals surface area contributed by atoms with Gasteiger partial charge in [0.1, 0.15) is 16.8 Å². The number of amides is 1. The first-order valence-corrected chi connectivity index (χ1v) is 10.6. The molecule has 0 aliphatic carbocycles. The zero-order chi connectivity index (χ0) is 22.5. The van der Waals surface area contributed by atoms with Gasteiger partial charge in [0, 0.05) is 19.2 Å². The van der Waals surface area contributed by atoms with Crippen molar-refractivity contribution in [2.45, 2.75) is 20.3 Å². The molecule has 2 aromatic rings. The molecular weight excluding hydrogens is 420 g/mol. The Bertz CT molecular complexity index is 1030. The third-order valence-electron chi connectivity index (χ3n) is 4.99. The van der Waals surface area contributed by atoms with Gasteiger partial charge in [-0.05, 0) is 41.8 Å². The van der Waals surface area contributed by atoms with Gasteiger partial charge in [0.2, 0.25) is 0 Å². The van der Waals surface area contributed by atoms with Gasteiger partial charge in [-0.2, -0.15) is 5.26 Å². The summed E-state index contributed by atoms with van der Waals surface area (Å²) < 4.78 is 5.00. The van der Waals surface area contributed by atoms with Crippen molar-refractivity contribution in [3.63, 3.8) is 0 Å². The van der Waals surface area contributed by atoms with Crippen molar-refractivity contribution in [1.29, 1.82) is 5.26 Å². The number of nitrogens with zero attached hydrogens (tertiary/aromatic N) is 3. The molecule has 0 unspecified atom stereocenters. The van der Waals surface area contributed by atoms with Gasteiger partial charge in [-0.3, -0.25) is 14.9 Å². The Labute approximate surface area is 183 Å². The van der Waals surface area contributed by atoms with Gasteiger partial charge in [-0.15, -0.1) is 11.3 Å². The maximum atomic E-state index is 12.4. The smallest absolute Gasteiger partial charge is 0.338 e. The van der Waals surface area contributed by atoms with Gasteiger partial charge < -0.3 is 15.0 Å². The Kier molecular flexibility index (Phi) is 6.87. The van der Waals surface area contributed by atoms with E-state index in [0.717, 1.165) is 6.42 Å². The second-order valence-electron chi connectivity index (χ2n) is 7.71. The van der Waals surface area contributed by atoms with Crippen LogP contribution in [0, 0.1) is 33.3 Å². The van der Waals surface area contributed by atoms with E-state index in [1.165, 1.54) is 23.5 Å². The number of anilines is 2. The first kappa shape index (κ1) is 22.2. The molecule has 3 rings (SSSR count). The fraction of sp³-hybridized carbons (Fsp3) is 0.381. The number of hydrogen-bond donors (Lipinski definition) is 1. The van der Waals surface area contributed by atoms with Crippen LogP contribution < -0.4 is 10.2 Å². The second-order valence-corrected chi connectivity index (χ2v) is 8.63. The van der Waals surface area contributed by atoms with Crippen molar-refractivity contribution in [2.75, 3.05) is 29.9 Å². The number of nitro groups is 1. The molecule has 1 aromatic carbocycles. The van der Waals surface area contributed by atoms with Gasteiger partial charge in [0.15, 0.2) is 6.61 Å². The number of nitrogens with one attached hydrogen (secondary N) is 1. The highest BCUT2D eigenvalue weighted by molar-refractivity contribution is 7.14. The van der Waals surface area contributed by atoms with Crippen LogP contribution in [0.1, 0.15) is 36.2 Å². The SMILES string of the molecule is C[C@@H]1C[C@@H](C)CN(c2ccc(C(=O)OCC(=O)Nc3sccc3C#N)cc2[N+](=O)[O-])C1. The lowest BCUT2D eigenvalue weighted by atomic mass is 9.91. The molecule has 31 heavy (non-hydrogen) atoms. The highest BCUT2D eigenvalue weighted by atomic mass is 32.1. The minimum atomic E-state index is -0.836. The van der Waals surface area contributed by atoms with Gasteiger partial charge >= 0.3 is 5.97 Å². The molecule has 162 valence electrons. The highest BCUT2D eigenvalue weighted by Gasteiger charge is 2.28. The van der Waals surface area contributed by atoms with Gasteiger partial charge in [0.25, 0.3) is 11.6 Å². The molecule has 10 heteroatoms. The first-order chi connectivity index (χ1) is 14.8. The van der Waals surface area contributed by atoms with E-state index in [1.54, 1.807) is 17.5 Å². The molecule has 0 radical (unpaired) electrons. The van der Waals surface area contributed by atoms with Crippen LogP contribution in [-0.4, -0.2) is 36.5 Å². The van der Waals surface area contributed by atoms with Crippen LogP contribution in [0.2, 0.25) is 0 Å². The Hall–Kier alpha value is -3.45. The molecular formula is C21H22N4O5S. The molecule has 2 heterocycles. The molecule has 2 atom stereocenters. The Morgan fingerprint density at radius 1 is 1.32 bits per heavy atom. The zero-order valence-corrected chi connectivity index (χ0v) is 18.0. The number of benzene rings is 1. The van der Waals surface area contributed by atoms with E-state index in [1.807, 2.05) is 11.0 Å². The molecule has 1 aliphatic rings. The van der Waals surface area contributed by atoms with Gasteiger partial charge in [0.05, 0.1) is 16.1 Å². The van der Waals surface area contributed by atoms with E-state index in [4.69, 9.17) is 10.00 Å². The Balaban J connectivity index is 1.68. The summed E-state index contributed by atoms with van der Waals surface area (Å²) >= 11 is 1.18. The van der Waals surface area contributed by atoms with Crippen LogP contribution in [0.5, 0.6) is 0 Å². The monoisotopic (exact) mass is 442 g/mol.